The molecule has 2 heterocycles. The Kier molecular flexibility index (Phi) is 7.12. The smallest absolute Gasteiger partial charge is 0.234 e. The second-order valence-electron chi connectivity index (χ2n) is 6.79. The summed E-state index contributed by atoms with van der Waals surface area (Å²) in [4.78, 5) is 17.0. The highest BCUT2D eigenvalue weighted by atomic mass is 16.3. The zero-order valence-electron chi connectivity index (χ0n) is 14.3. The molecule has 2 aliphatic rings. The van der Waals surface area contributed by atoms with Crippen LogP contribution in [0.15, 0.2) is 0 Å². The zero-order chi connectivity index (χ0) is 15.9. The van der Waals surface area contributed by atoms with Crippen LogP contribution in [-0.4, -0.2) is 71.7 Å². The first kappa shape index (κ1) is 17.7. The number of nitrogens with one attached hydrogen (secondary N) is 1. The van der Waals surface area contributed by atoms with Crippen LogP contribution in [0.3, 0.4) is 0 Å². The van der Waals surface area contributed by atoms with Gasteiger partial charge in [0.15, 0.2) is 0 Å². The number of hydrogen-bond donors (Lipinski definition) is 2. The molecule has 2 atom stereocenters. The molecule has 5 heteroatoms. The summed E-state index contributed by atoms with van der Waals surface area (Å²) in [7, 11) is 0. The molecule has 2 unspecified atom stereocenters. The van der Waals surface area contributed by atoms with Gasteiger partial charge in [0.25, 0.3) is 0 Å². The molecule has 0 spiro atoms. The Balaban J connectivity index is 1.78. The number of aliphatic hydroxyl groups is 1. The third-order valence-corrected chi connectivity index (χ3v) is 5.27. The van der Waals surface area contributed by atoms with Gasteiger partial charge in [-0.05, 0) is 45.2 Å². The number of aliphatic hydroxyl groups excluding tert-OH is 1. The van der Waals surface area contributed by atoms with E-state index in [-0.39, 0.29) is 18.1 Å². The van der Waals surface area contributed by atoms with Gasteiger partial charge in [-0.25, -0.2) is 0 Å². The predicted octanol–water partition coefficient (Wildman–Crippen LogP) is 1.21. The molecule has 2 saturated heterocycles. The zero-order valence-corrected chi connectivity index (χ0v) is 14.3. The van der Waals surface area contributed by atoms with Crippen molar-refractivity contribution in [1.82, 2.24) is 15.1 Å². The van der Waals surface area contributed by atoms with Gasteiger partial charge in [0.2, 0.25) is 5.91 Å². The van der Waals surface area contributed by atoms with E-state index < -0.39 is 0 Å². The van der Waals surface area contributed by atoms with Gasteiger partial charge in [-0.2, -0.15) is 0 Å². The van der Waals surface area contributed by atoms with Crippen LogP contribution in [0.25, 0.3) is 0 Å². The average molecular weight is 311 g/mol. The van der Waals surface area contributed by atoms with E-state index in [0.29, 0.717) is 12.6 Å². The number of carbonyl (C=O) groups is 1. The van der Waals surface area contributed by atoms with E-state index in [9.17, 15) is 9.90 Å². The molecule has 2 fully saturated rings. The Morgan fingerprint density at radius 1 is 1.18 bits per heavy atom. The molecular formula is C17H33N3O2. The molecule has 2 aliphatic heterocycles. The highest BCUT2D eigenvalue weighted by Crippen LogP contribution is 2.21. The second kappa shape index (κ2) is 8.85. The van der Waals surface area contributed by atoms with Crippen LogP contribution in [0.5, 0.6) is 0 Å². The molecule has 0 aromatic rings. The van der Waals surface area contributed by atoms with Crippen molar-refractivity contribution in [2.24, 2.45) is 0 Å². The van der Waals surface area contributed by atoms with Gasteiger partial charge in [-0.3, -0.25) is 9.69 Å². The van der Waals surface area contributed by atoms with E-state index in [4.69, 9.17) is 0 Å². The molecule has 0 bridgehead atoms. The van der Waals surface area contributed by atoms with Crippen LogP contribution < -0.4 is 5.32 Å². The number of piperidine rings is 2. The molecule has 0 aromatic carbocycles. The third-order valence-electron chi connectivity index (χ3n) is 5.27. The van der Waals surface area contributed by atoms with Crippen LogP contribution in [0, 0.1) is 0 Å². The first-order chi connectivity index (χ1) is 10.6. The molecule has 5 nitrogen and oxygen atoms in total. The highest BCUT2D eigenvalue weighted by Gasteiger charge is 2.29. The lowest BCUT2D eigenvalue weighted by Crippen LogP contribution is -2.52. The molecule has 2 rings (SSSR count). The maximum atomic E-state index is 12.3. The fourth-order valence-electron chi connectivity index (χ4n) is 3.77. The van der Waals surface area contributed by atoms with Gasteiger partial charge in [-0.1, -0.05) is 20.3 Å². The van der Waals surface area contributed by atoms with Crippen LogP contribution in [0.2, 0.25) is 0 Å². The Morgan fingerprint density at radius 3 is 2.55 bits per heavy atom. The Labute approximate surface area is 135 Å². The number of likely N-dealkylation sites (tertiary alicyclic amines) is 2. The van der Waals surface area contributed by atoms with E-state index in [0.717, 1.165) is 64.7 Å². The molecule has 2 N–H and O–H groups in total. The Bertz CT molecular complexity index is 343. The van der Waals surface area contributed by atoms with Gasteiger partial charge in [-0.15, -0.1) is 0 Å². The first-order valence-electron chi connectivity index (χ1n) is 9.07. The second-order valence-corrected chi connectivity index (χ2v) is 6.79. The maximum Gasteiger partial charge on any atom is 0.234 e. The quantitative estimate of drug-likeness (QED) is 0.774. The molecule has 22 heavy (non-hydrogen) atoms. The standard InChI is InChI=1S/C17H33N3O2/c1-3-16(21)15-7-5-6-10-20(15)13-17(22)18-14-8-11-19(4-2)12-9-14/h14-16,21H,3-13H2,1-2H3,(H,18,22). The molecule has 0 saturated carbocycles. The van der Waals surface area contributed by atoms with E-state index in [2.05, 4.69) is 22.0 Å². The van der Waals surface area contributed by atoms with Crippen molar-refractivity contribution in [3.8, 4) is 0 Å². The van der Waals surface area contributed by atoms with E-state index >= 15 is 0 Å². The summed E-state index contributed by atoms with van der Waals surface area (Å²) in [6.07, 6.45) is 5.88. The van der Waals surface area contributed by atoms with Gasteiger partial charge < -0.3 is 15.3 Å². The normalized spacial score (nSPS) is 26.8. The molecule has 0 radical (unpaired) electrons. The maximum absolute atomic E-state index is 12.3. The van der Waals surface area contributed by atoms with E-state index in [1.54, 1.807) is 0 Å². The third kappa shape index (κ3) is 4.93. The molecule has 0 aromatic heterocycles. The summed E-state index contributed by atoms with van der Waals surface area (Å²) in [6.45, 7) is 8.85. The van der Waals surface area contributed by atoms with Crippen molar-refractivity contribution in [3.63, 3.8) is 0 Å². The fraction of sp³-hybridized carbons (Fsp3) is 0.941. The van der Waals surface area contributed by atoms with Gasteiger partial charge in [0, 0.05) is 25.2 Å². The number of nitrogens with zero attached hydrogens (tertiary/aromatic N) is 2. The Hall–Kier alpha value is -0.650. The molecule has 128 valence electrons. The minimum Gasteiger partial charge on any atom is -0.392 e. The van der Waals surface area contributed by atoms with Crippen molar-refractivity contribution in [2.75, 3.05) is 32.7 Å². The van der Waals surface area contributed by atoms with Gasteiger partial charge in [0.05, 0.1) is 12.6 Å². The van der Waals surface area contributed by atoms with Crippen molar-refractivity contribution in [1.29, 1.82) is 0 Å². The number of carbonyl (C=O) groups excluding carboxylic acids is 1. The lowest BCUT2D eigenvalue weighted by atomic mass is 9.96. The molecule has 1 amide bonds. The largest absolute Gasteiger partial charge is 0.392 e. The lowest BCUT2D eigenvalue weighted by Gasteiger charge is -2.38. The monoisotopic (exact) mass is 311 g/mol. The average Bonchev–Trinajstić information content (AvgIpc) is 2.55. The van der Waals surface area contributed by atoms with Crippen molar-refractivity contribution in [2.45, 2.75) is 70.6 Å². The summed E-state index contributed by atoms with van der Waals surface area (Å²) in [6, 6.07) is 0.487. The first-order valence-corrected chi connectivity index (χ1v) is 9.07. The van der Waals surface area contributed by atoms with Crippen molar-refractivity contribution in [3.05, 3.63) is 0 Å². The minimum atomic E-state index is -0.305. The van der Waals surface area contributed by atoms with Gasteiger partial charge in [0.1, 0.15) is 0 Å². The summed E-state index contributed by atoms with van der Waals surface area (Å²) < 4.78 is 0. The lowest BCUT2D eigenvalue weighted by molar-refractivity contribution is -0.125. The SMILES string of the molecule is CCC(O)C1CCCCN1CC(=O)NC1CCN(CC)CC1. The minimum absolute atomic E-state index is 0.130. The van der Waals surface area contributed by atoms with E-state index in [1.807, 2.05) is 6.92 Å². The summed E-state index contributed by atoms with van der Waals surface area (Å²) in [5.74, 6) is 0.130. The van der Waals surface area contributed by atoms with Crippen LogP contribution >= 0.6 is 0 Å². The summed E-state index contributed by atoms with van der Waals surface area (Å²) in [5, 5.41) is 13.4. The number of rotatable bonds is 6. The summed E-state index contributed by atoms with van der Waals surface area (Å²) >= 11 is 0. The molecular weight excluding hydrogens is 278 g/mol. The number of amides is 1. The predicted molar refractivity (Wildman–Crippen MR) is 88.8 cm³/mol. The molecule has 0 aliphatic carbocycles. The highest BCUT2D eigenvalue weighted by molar-refractivity contribution is 5.78. The fourth-order valence-corrected chi connectivity index (χ4v) is 3.77. The summed E-state index contributed by atoms with van der Waals surface area (Å²) in [5.41, 5.74) is 0. The van der Waals surface area contributed by atoms with Gasteiger partial charge >= 0.3 is 0 Å². The number of hydrogen-bond acceptors (Lipinski definition) is 4. The topological polar surface area (TPSA) is 55.8 Å². The van der Waals surface area contributed by atoms with Crippen molar-refractivity contribution < 1.29 is 9.90 Å². The Morgan fingerprint density at radius 2 is 1.91 bits per heavy atom. The van der Waals surface area contributed by atoms with Crippen molar-refractivity contribution >= 4 is 5.91 Å². The van der Waals surface area contributed by atoms with E-state index in [1.165, 1.54) is 0 Å². The van der Waals surface area contributed by atoms with Crippen LogP contribution in [0.4, 0.5) is 0 Å². The van der Waals surface area contributed by atoms with Crippen LogP contribution in [0.1, 0.15) is 52.4 Å². The van der Waals surface area contributed by atoms with Crippen LogP contribution in [-0.2, 0) is 4.79 Å².